The normalized spacial score (nSPS) is 22.9. The number of carbonyl (C=O) groups excluding carboxylic acids is 2. The number of esters is 1. The van der Waals surface area contributed by atoms with E-state index in [2.05, 4.69) is 5.32 Å². The van der Waals surface area contributed by atoms with Gasteiger partial charge in [-0.2, -0.15) is 5.26 Å². The fraction of sp³-hybridized carbons (Fsp3) is 0.769. The van der Waals surface area contributed by atoms with Crippen LogP contribution in [0.2, 0.25) is 0 Å². The number of hydrogen-bond donors (Lipinski definition) is 1. The van der Waals surface area contributed by atoms with Crippen LogP contribution in [0.1, 0.15) is 27.2 Å². The number of nitrogens with zero attached hydrogens (tertiary/aromatic N) is 2. The van der Waals surface area contributed by atoms with Gasteiger partial charge in [-0.05, 0) is 20.8 Å². The van der Waals surface area contributed by atoms with E-state index in [0.29, 0.717) is 0 Å². The molecule has 1 fully saturated rings. The van der Waals surface area contributed by atoms with Crippen molar-refractivity contribution in [3.8, 4) is 6.07 Å². The molecule has 0 aromatic rings. The molecule has 1 aliphatic rings. The lowest BCUT2D eigenvalue weighted by atomic mass is 10.1. The number of hydrogen-bond acceptors (Lipinski definition) is 6. The van der Waals surface area contributed by atoms with E-state index in [1.807, 2.05) is 6.07 Å². The zero-order valence-corrected chi connectivity index (χ0v) is 12.3. The number of carbonyl (C=O) groups is 2. The number of nitriles is 1. The Hall–Kier alpha value is -1.81. The van der Waals surface area contributed by atoms with Gasteiger partial charge in [-0.15, -0.1) is 0 Å². The summed E-state index contributed by atoms with van der Waals surface area (Å²) in [5.74, 6) is -0.501. The van der Waals surface area contributed by atoms with Gasteiger partial charge >= 0.3 is 12.1 Å². The first kappa shape index (κ1) is 16.2. The van der Waals surface area contributed by atoms with E-state index in [1.165, 1.54) is 12.0 Å². The molecule has 0 radical (unpaired) electrons. The molecule has 0 saturated carbocycles. The van der Waals surface area contributed by atoms with Gasteiger partial charge in [0.25, 0.3) is 0 Å². The van der Waals surface area contributed by atoms with Crippen LogP contribution in [0.25, 0.3) is 0 Å². The Morgan fingerprint density at radius 1 is 1.45 bits per heavy atom. The first-order valence-electron chi connectivity index (χ1n) is 6.46. The molecule has 0 bridgehead atoms. The zero-order valence-electron chi connectivity index (χ0n) is 12.3. The highest BCUT2D eigenvalue weighted by Crippen LogP contribution is 2.16. The lowest BCUT2D eigenvalue weighted by Gasteiger charge is -2.38. The predicted molar refractivity (Wildman–Crippen MR) is 70.8 cm³/mol. The molecule has 0 spiro atoms. The second kappa shape index (κ2) is 6.57. The first-order chi connectivity index (χ1) is 9.28. The van der Waals surface area contributed by atoms with Gasteiger partial charge in [0.15, 0.2) is 0 Å². The standard InChI is InChI=1S/C13H21N3O4/c1-13(2,3)20-12(18)16-8-9(5-6-14)15-7-10(16)11(17)19-4/h9-10,15H,5,7-8H2,1-4H3. The summed E-state index contributed by atoms with van der Waals surface area (Å²) in [6.45, 7) is 5.76. The summed E-state index contributed by atoms with van der Waals surface area (Å²) in [5, 5.41) is 11.8. The van der Waals surface area contributed by atoms with Crippen molar-refractivity contribution in [3.63, 3.8) is 0 Å². The van der Waals surface area contributed by atoms with Crippen molar-refractivity contribution >= 4 is 12.1 Å². The number of methoxy groups -OCH3 is 1. The van der Waals surface area contributed by atoms with Crippen molar-refractivity contribution < 1.29 is 19.1 Å². The molecule has 2 atom stereocenters. The van der Waals surface area contributed by atoms with Gasteiger partial charge in [-0.25, -0.2) is 9.59 Å². The molecule has 112 valence electrons. The van der Waals surface area contributed by atoms with Gasteiger partial charge in [-0.1, -0.05) is 0 Å². The average Bonchev–Trinajstić information content (AvgIpc) is 2.36. The van der Waals surface area contributed by atoms with Crippen molar-refractivity contribution in [1.82, 2.24) is 10.2 Å². The summed E-state index contributed by atoms with van der Waals surface area (Å²) < 4.78 is 10.00. The number of rotatable bonds is 2. The molecule has 0 aromatic heterocycles. The number of nitrogens with one attached hydrogen (secondary N) is 1. The first-order valence-corrected chi connectivity index (χ1v) is 6.46. The molecular formula is C13H21N3O4. The van der Waals surface area contributed by atoms with Gasteiger partial charge in [0.05, 0.1) is 19.6 Å². The molecule has 0 aromatic carbocycles. The molecule has 1 amide bonds. The van der Waals surface area contributed by atoms with E-state index in [9.17, 15) is 9.59 Å². The third-order valence-electron chi connectivity index (χ3n) is 2.83. The molecular weight excluding hydrogens is 262 g/mol. The van der Waals surface area contributed by atoms with Crippen LogP contribution in [0.4, 0.5) is 4.79 Å². The summed E-state index contributed by atoms with van der Waals surface area (Å²) in [6.07, 6.45) is -0.315. The van der Waals surface area contributed by atoms with Gasteiger partial charge in [0, 0.05) is 19.1 Å². The molecule has 2 unspecified atom stereocenters. The van der Waals surface area contributed by atoms with Gasteiger partial charge in [0.1, 0.15) is 11.6 Å². The van der Waals surface area contributed by atoms with Crippen molar-refractivity contribution in [3.05, 3.63) is 0 Å². The Morgan fingerprint density at radius 3 is 2.60 bits per heavy atom. The number of ether oxygens (including phenoxy) is 2. The van der Waals surface area contributed by atoms with Crippen molar-refractivity contribution in [2.24, 2.45) is 0 Å². The van der Waals surface area contributed by atoms with Gasteiger partial charge < -0.3 is 14.8 Å². The third kappa shape index (κ3) is 4.38. The lowest BCUT2D eigenvalue weighted by molar-refractivity contribution is -0.147. The van der Waals surface area contributed by atoms with Crippen LogP contribution in [0.3, 0.4) is 0 Å². The molecule has 0 aliphatic carbocycles. The fourth-order valence-electron chi connectivity index (χ4n) is 1.93. The topological polar surface area (TPSA) is 91.7 Å². The van der Waals surface area contributed by atoms with Crippen LogP contribution in [0.5, 0.6) is 0 Å². The maximum atomic E-state index is 12.2. The summed E-state index contributed by atoms with van der Waals surface area (Å²) in [5.41, 5.74) is -0.645. The average molecular weight is 283 g/mol. The summed E-state index contributed by atoms with van der Waals surface area (Å²) in [7, 11) is 1.27. The molecule has 1 rings (SSSR count). The van der Waals surface area contributed by atoms with Crippen molar-refractivity contribution in [2.45, 2.75) is 44.9 Å². The van der Waals surface area contributed by atoms with Crippen LogP contribution < -0.4 is 5.32 Å². The molecule has 1 aliphatic heterocycles. The van der Waals surface area contributed by atoms with Crippen molar-refractivity contribution in [2.75, 3.05) is 20.2 Å². The molecule has 20 heavy (non-hydrogen) atoms. The van der Waals surface area contributed by atoms with Crippen LogP contribution in [0.15, 0.2) is 0 Å². The monoisotopic (exact) mass is 283 g/mol. The Balaban J connectivity index is 2.84. The van der Waals surface area contributed by atoms with Crippen LogP contribution in [-0.2, 0) is 14.3 Å². The van der Waals surface area contributed by atoms with Crippen LogP contribution in [0, 0.1) is 11.3 Å². The lowest BCUT2D eigenvalue weighted by Crippen LogP contribution is -2.61. The molecule has 7 heteroatoms. The summed E-state index contributed by atoms with van der Waals surface area (Å²) in [6, 6.07) is 1.14. The molecule has 1 N–H and O–H groups in total. The second-order valence-electron chi connectivity index (χ2n) is 5.64. The molecule has 1 heterocycles. The van der Waals surface area contributed by atoms with E-state index in [-0.39, 0.29) is 25.6 Å². The van der Waals surface area contributed by atoms with E-state index >= 15 is 0 Å². The third-order valence-corrected chi connectivity index (χ3v) is 2.83. The Kier molecular flexibility index (Phi) is 5.34. The largest absolute Gasteiger partial charge is 0.467 e. The highest BCUT2D eigenvalue weighted by molar-refractivity contribution is 5.82. The minimum absolute atomic E-state index is 0.173. The fourth-order valence-corrected chi connectivity index (χ4v) is 1.93. The summed E-state index contributed by atoms with van der Waals surface area (Å²) >= 11 is 0. The Labute approximate surface area is 118 Å². The van der Waals surface area contributed by atoms with E-state index in [4.69, 9.17) is 14.7 Å². The van der Waals surface area contributed by atoms with E-state index in [0.717, 1.165) is 0 Å². The second-order valence-corrected chi connectivity index (χ2v) is 5.64. The maximum Gasteiger partial charge on any atom is 0.411 e. The number of piperazine rings is 1. The Morgan fingerprint density at radius 2 is 2.10 bits per heavy atom. The Bertz CT molecular complexity index is 411. The predicted octanol–water partition coefficient (Wildman–Crippen LogP) is 0.651. The quantitative estimate of drug-likeness (QED) is 0.748. The minimum atomic E-state index is -0.732. The zero-order chi connectivity index (χ0) is 15.3. The highest BCUT2D eigenvalue weighted by atomic mass is 16.6. The summed E-state index contributed by atoms with van der Waals surface area (Å²) in [4.78, 5) is 25.2. The van der Waals surface area contributed by atoms with E-state index in [1.54, 1.807) is 20.8 Å². The SMILES string of the molecule is COC(=O)C1CNC(CC#N)CN1C(=O)OC(C)(C)C. The minimum Gasteiger partial charge on any atom is -0.467 e. The number of amides is 1. The van der Waals surface area contributed by atoms with Crippen molar-refractivity contribution in [1.29, 1.82) is 5.26 Å². The smallest absolute Gasteiger partial charge is 0.411 e. The molecule has 7 nitrogen and oxygen atoms in total. The van der Waals surface area contributed by atoms with Gasteiger partial charge in [-0.3, -0.25) is 4.90 Å². The highest BCUT2D eigenvalue weighted by Gasteiger charge is 2.38. The maximum absolute atomic E-state index is 12.2. The van der Waals surface area contributed by atoms with E-state index < -0.39 is 23.7 Å². The van der Waals surface area contributed by atoms with Crippen LogP contribution in [-0.4, -0.2) is 54.8 Å². The van der Waals surface area contributed by atoms with Gasteiger partial charge in [0.2, 0.25) is 0 Å². The van der Waals surface area contributed by atoms with Crippen LogP contribution >= 0.6 is 0 Å². The molecule has 1 saturated heterocycles.